The van der Waals surface area contributed by atoms with Crippen LogP contribution in [0.5, 0.6) is 0 Å². The lowest BCUT2D eigenvalue weighted by atomic mass is 10.1. The molecule has 0 saturated carbocycles. The van der Waals surface area contributed by atoms with Crippen molar-refractivity contribution in [3.05, 3.63) is 59.7 Å². The third kappa shape index (κ3) is 5.94. The largest absolute Gasteiger partial charge is 0.478 e. The van der Waals surface area contributed by atoms with Crippen molar-refractivity contribution >= 4 is 5.97 Å². The molecule has 4 heteroatoms. The van der Waals surface area contributed by atoms with Gasteiger partial charge in [-0.15, -0.1) is 0 Å². The monoisotopic (exact) mass is 252 g/mol. The van der Waals surface area contributed by atoms with Crippen LogP contribution in [0.2, 0.25) is 0 Å². The van der Waals surface area contributed by atoms with Gasteiger partial charge in [-0.2, -0.15) is 0 Å². The van der Waals surface area contributed by atoms with E-state index in [0.29, 0.717) is 12.0 Å². The predicted octanol–water partition coefficient (Wildman–Crippen LogP) is 3.48. The van der Waals surface area contributed by atoms with Gasteiger partial charge in [0.1, 0.15) is 11.6 Å². The third-order valence-electron chi connectivity index (χ3n) is 2.24. The van der Waals surface area contributed by atoms with E-state index in [-0.39, 0.29) is 0 Å². The molecule has 1 N–H and O–H groups in total. The van der Waals surface area contributed by atoms with Crippen LogP contribution in [0.25, 0.3) is 0 Å². The van der Waals surface area contributed by atoms with Crippen LogP contribution < -0.4 is 0 Å². The van der Waals surface area contributed by atoms with Crippen molar-refractivity contribution in [1.82, 2.24) is 0 Å². The zero-order valence-electron chi connectivity index (χ0n) is 9.77. The Labute approximate surface area is 104 Å². The highest BCUT2D eigenvalue weighted by Crippen LogP contribution is 2.11. The molecule has 0 unspecified atom stereocenters. The number of hydrogen-bond acceptors (Lipinski definition) is 1. The average molecular weight is 252 g/mol. The summed E-state index contributed by atoms with van der Waals surface area (Å²) in [5.41, 5.74) is 0.627. The lowest BCUT2D eigenvalue weighted by Gasteiger charge is -2.00. The Balaban J connectivity index is 2.31. The first-order valence-corrected chi connectivity index (χ1v) is 5.59. The van der Waals surface area contributed by atoms with Gasteiger partial charge in [-0.1, -0.05) is 18.2 Å². The van der Waals surface area contributed by atoms with Crippen LogP contribution in [0.4, 0.5) is 8.78 Å². The highest BCUT2D eigenvalue weighted by atomic mass is 19.1. The number of rotatable bonds is 6. The summed E-state index contributed by atoms with van der Waals surface area (Å²) in [4.78, 5) is 10.1. The van der Waals surface area contributed by atoms with Gasteiger partial charge >= 0.3 is 5.97 Å². The van der Waals surface area contributed by atoms with Crippen molar-refractivity contribution in [2.45, 2.75) is 19.3 Å². The van der Waals surface area contributed by atoms with Crippen LogP contribution in [0, 0.1) is 11.6 Å². The molecule has 96 valence electrons. The number of hydrogen-bond donors (Lipinski definition) is 1. The van der Waals surface area contributed by atoms with Gasteiger partial charge in [-0.05, 0) is 37.0 Å². The Bertz CT molecular complexity index is 445. The standard InChI is InChI=1S/C14H14F2O2/c15-12-8-11(9-13(16)10-12)6-4-2-1-3-5-7-14(17)18/h1,3,5,7-10H,2,4,6H2,(H,17,18)/b3-1?,7-5+. The van der Waals surface area contributed by atoms with Crippen molar-refractivity contribution in [1.29, 1.82) is 0 Å². The van der Waals surface area contributed by atoms with Crippen LogP contribution in [-0.2, 0) is 11.2 Å². The van der Waals surface area contributed by atoms with Gasteiger partial charge in [0.25, 0.3) is 0 Å². The third-order valence-corrected chi connectivity index (χ3v) is 2.24. The van der Waals surface area contributed by atoms with Gasteiger partial charge in [0, 0.05) is 12.1 Å². The van der Waals surface area contributed by atoms with Crippen molar-refractivity contribution < 1.29 is 18.7 Å². The topological polar surface area (TPSA) is 37.3 Å². The number of benzene rings is 1. The molecule has 0 aliphatic carbocycles. The summed E-state index contributed by atoms with van der Waals surface area (Å²) in [7, 11) is 0. The molecule has 0 spiro atoms. The summed E-state index contributed by atoms with van der Waals surface area (Å²) in [6.45, 7) is 0. The molecule has 0 radical (unpaired) electrons. The first kappa shape index (κ1) is 14.1. The van der Waals surface area contributed by atoms with E-state index in [1.165, 1.54) is 18.2 Å². The number of aryl methyl sites for hydroxylation is 1. The zero-order valence-corrected chi connectivity index (χ0v) is 9.77. The maximum atomic E-state index is 12.9. The molecule has 0 fully saturated rings. The van der Waals surface area contributed by atoms with Crippen LogP contribution in [0.1, 0.15) is 18.4 Å². The SMILES string of the molecule is O=C(O)/C=C/C=CCCCc1cc(F)cc(F)c1. The van der Waals surface area contributed by atoms with Crippen molar-refractivity contribution in [2.24, 2.45) is 0 Å². The van der Waals surface area contributed by atoms with E-state index in [4.69, 9.17) is 5.11 Å². The highest BCUT2D eigenvalue weighted by molar-refractivity contribution is 5.80. The summed E-state index contributed by atoms with van der Waals surface area (Å²) in [6, 6.07) is 3.48. The minimum atomic E-state index is -0.991. The molecule has 0 amide bonds. The summed E-state index contributed by atoms with van der Waals surface area (Å²) >= 11 is 0. The first-order valence-electron chi connectivity index (χ1n) is 5.59. The fourth-order valence-electron chi connectivity index (χ4n) is 1.49. The number of aliphatic carboxylic acids is 1. The molecule has 0 heterocycles. The average Bonchev–Trinajstić information content (AvgIpc) is 2.26. The van der Waals surface area contributed by atoms with Crippen LogP contribution >= 0.6 is 0 Å². The molecule has 0 aliphatic heterocycles. The fourth-order valence-corrected chi connectivity index (χ4v) is 1.49. The minimum Gasteiger partial charge on any atom is -0.478 e. The zero-order chi connectivity index (χ0) is 13.4. The predicted molar refractivity (Wildman–Crippen MR) is 65.2 cm³/mol. The number of carboxylic acids is 1. The van der Waals surface area contributed by atoms with Crippen LogP contribution in [0.15, 0.2) is 42.5 Å². The van der Waals surface area contributed by atoms with Crippen molar-refractivity contribution in [3.63, 3.8) is 0 Å². The highest BCUT2D eigenvalue weighted by Gasteiger charge is 1.99. The van der Waals surface area contributed by atoms with Gasteiger partial charge in [0.15, 0.2) is 0 Å². The van der Waals surface area contributed by atoms with Crippen LogP contribution in [-0.4, -0.2) is 11.1 Å². The number of carboxylic acid groups (broad SMARTS) is 1. The Kier molecular flexibility index (Phi) is 5.77. The summed E-state index contributed by atoms with van der Waals surface area (Å²) < 4.78 is 25.7. The Morgan fingerprint density at radius 1 is 1.17 bits per heavy atom. The van der Waals surface area contributed by atoms with Gasteiger partial charge in [0.2, 0.25) is 0 Å². The van der Waals surface area contributed by atoms with Gasteiger partial charge in [-0.3, -0.25) is 0 Å². The molecule has 1 aromatic rings. The van der Waals surface area contributed by atoms with E-state index in [1.54, 1.807) is 6.08 Å². The smallest absolute Gasteiger partial charge is 0.328 e. The first-order chi connectivity index (χ1) is 8.58. The second kappa shape index (κ2) is 7.37. The second-order valence-electron chi connectivity index (χ2n) is 3.80. The molecule has 18 heavy (non-hydrogen) atoms. The molecule has 0 bridgehead atoms. The summed E-state index contributed by atoms with van der Waals surface area (Å²) in [6.07, 6.45) is 7.99. The molecule has 0 atom stereocenters. The number of allylic oxidation sites excluding steroid dienone is 3. The summed E-state index contributed by atoms with van der Waals surface area (Å²) in [5.74, 6) is -2.12. The number of carbonyl (C=O) groups is 1. The van der Waals surface area contributed by atoms with E-state index in [0.717, 1.165) is 25.0 Å². The minimum absolute atomic E-state index is 0.565. The number of halogens is 2. The maximum Gasteiger partial charge on any atom is 0.328 e. The van der Waals surface area contributed by atoms with Gasteiger partial charge in [0.05, 0.1) is 0 Å². The fraction of sp³-hybridized carbons (Fsp3) is 0.214. The van der Waals surface area contributed by atoms with E-state index >= 15 is 0 Å². The van der Waals surface area contributed by atoms with Crippen molar-refractivity contribution in [2.75, 3.05) is 0 Å². The molecular weight excluding hydrogens is 238 g/mol. The number of unbranched alkanes of at least 4 members (excludes halogenated alkanes) is 1. The molecule has 0 aliphatic rings. The molecule has 0 aromatic heterocycles. The second-order valence-corrected chi connectivity index (χ2v) is 3.80. The van der Waals surface area contributed by atoms with E-state index < -0.39 is 17.6 Å². The van der Waals surface area contributed by atoms with Crippen molar-refractivity contribution in [3.8, 4) is 0 Å². The van der Waals surface area contributed by atoms with E-state index in [1.807, 2.05) is 6.08 Å². The molecule has 1 rings (SSSR count). The van der Waals surface area contributed by atoms with Crippen LogP contribution in [0.3, 0.4) is 0 Å². The summed E-state index contributed by atoms with van der Waals surface area (Å²) in [5, 5.41) is 8.33. The maximum absolute atomic E-state index is 12.9. The van der Waals surface area contributed by atoms with E-state index in [2.05, 4.69) is 0 Å². The van der Waals surface area contributed by atoms with Gasteiger partial charge < -0.3 is 5.11 Å². The van der Waals surface area contributed by atoms with E-state index in [9.17, 15) is 13.6 Å². The normalized spacial score (nSPS) is 11.4. The van der Waals surface area contributed by atoms with Gasteiger partial charge in [-0.25, -0.2) is 13.6 Å². The quantitative estimate of drug-likeness (QED) is 0.478. The molecule has 2 nitrogen and oxygen atoms in total. The Morgan fingerprint density at radius 3 is 2.44 bits per heavy atom. The molecule has 1 aromatic carbocycles. The lowest BCUT2D eigenvalue weighted by molar-refractivity contribution is -0.131. The molecule has 0 saturated heterocycles. The Morgan fingerprint density at radius 2 is 1.83 bits per heavy atom. The lowest BCUT2D eigenvalue weighted by Crippen LogP contribution is -1.89. The Hall–Kier alpha value is -1.97. The molecular formula is C14H14F2O2.